The van der Waals surface area contributed by atoms with Gasteiger partial charge in [-0.1, -0.05) is 20.4 Å². The second kappa shape index (κ2) is 8.87. The third-order valence-corrected chi connectivity index (χ3v) is 6.31. The number of fused-ring (bicyclic) bond motifs is 1. The Morgan fingerprint density at radius 1 is 1.25 bits per heavy atom. The molecule has 1 aromatic heterocycles. The van der Waals surface area contributed by atoms with E-state index < -0.39 is 0 Å². The van der Waals surface area contributed by atoms with Gasteiger partial charge >= 0.3 is 0 Å². The quantitative estimate of drug-likeness (QED) is 0.644. The van der Waals surface area contributed by atoms with Crippen molar-refractivity contribution in [3.63, 3.8) is 0 Å². The van der Waals surface area contributed by atoms with Crippen molar-refractivity contribution in [3.8, 4) is 0 Å². The molecule has 0 spiro atoms. The molecule has 168 valence electrons. The van der Waals surface area contributed by atoms with Gasteiger partial charge < -0.3 is 14.5 Å². The lowest BCUT2D eigenvalue weighted by molar-refractivity contribution is 0.0809. The summed E-state index contributed by atoms with van der Waals surface area (Å²) in [6, 6.07) is 8.81. The van der Waals surface area contributed by atoms with Crippen LogP contribution in [-0.2, 0) is 11.2 Å². The molecule has 0 N–H and O–H groups in total. The van der Waals surface area contributed by atoms with Crippen molar-refractivity contribution < 1.29 is 13.9 Å². The van der Waals surface area contributed by atoms with Crippen molar-refractivity contribution in [1.29, 1.82) is 0 Å². The molecule has 2 aliphatic rings. The van der Waals surface area contributed by atoms with E-state index in [-0.39, 0.29) is 17.0 Å². The molecule has 1 fully saturated rings. The van der Waals surface area contributed by atoms with E-state index in [1.54, 1.807) is 12.3 Å². The van der Waals surface area contributed by atoms with E-state index in [1.807, 2.05) is 50.1 Å². The number of benzene rings is 1. The first-order valence-electron chi connectivity index (χ1n) is 11.1. The molecule has 0 saturated carbocycles. The highest BCUT2D eigenvalue weighted by atomic mass is 19.1. The van der Waals surface area contributed by atoms with Gasteiger partial charge in [0.1, 0.15) is 11.6 Å². The molecule has 2 aromatic rings. The summed E-state index contributed by atoms with van der Waals surface area (Å²) in [6.45, 7) is 12.6. The molecule has 0 radical (unpaired) electrons. The number of nitrogens with zero attached hydrogens (tertiary/aromatic N) is 3. The lowest BCUT2D eigenvalue weighted by Crippen LogP contribution is -2.36. The number of aromatic nitrogens is 1. The summed E-state index contributed by atoms with van der Waals surface area (Å²) in [5.74, 6) is 0.565. The van der Waals surface area contributed by atoms with E-state index in [9.17, 15) is 9.18 Å². The molecule has 6 heteroatoms. The van der Waals surface area contributed by atoms with E-state index in [4.69, 9.17) is 9.72 Å². The Morgan fingerprint density at radius 3 is 2.72 bits per heavy atom. The number of ether oxygens (including phenoxy) is 1. The third-order valence-electron chi connectivity index (χ3n) is 6.31. The van der Waals surface area contributed by atoms with Crippen molar-refractivity contribution >= 4 is 22.9 Å². The van der Waals surface area contributed by atoms with Crippen LogP contribution in [0.3, 0.4) is 0 Å². The van der Waals surface area contributed by atoms with E-state index in [0.717, 1.165) is 48.4 Å². The number of allylic oxidation sites excluding steroid dienone is 1. The monoisotopic (exact) mass is 435 g/mol. The largest absolute Gasteiger partial charge is 0.378 e. The number of Topliss-reactive ketones (excluding diaryl/α,β-unsaturated/α-hetero) is 1. The fourth-order valence-corrected chi connectivity index (χ4v) is 4.24. The van der Waals surface area contributed by atoms with Gasteiger partial charge in [0.2, 0.25) is 0 Å². The topological polar surface area (TPSA) is 45.7 Å². The van der Waals surface area contributed by atoms with Gasteiger partial charge in [-0.2, -0.15) is 0 Å². The zero-order valence-electron chi connectivity index (χ0n) is 19.0. The Kier molecular flexibility index (Phi) is 6.15. The summed E-state index contributed by atoms with van der Waals surface area (Å²) in [4.78, 5) is 21.4. The lowest BCUT2D eigenvalue weighted by Gasteiger charge is -2.30. The first-order valence-corrected chi connectivity index (χ1v) is 11.1. The number of hydrogen-bond donors (Lipinski definition) is 0. The molecule has 4 rings (SSSR count). The normalized spacial score (nSPS) is 18.3. The van der Waals surface area contributed by atoms with Crippen molar-refractivity contribution in [2.45, 2.75) is 33.6 Å². The number of pyridine rings is 1. The van der Waals surface area contributed by atoms with Gasteiger partial charge in [0.05, 0.1) is 18.9 Å². The number of aryl methyl sites for hydroxylation is 1. The number of carbonyl (C=O) groups excluding carboxylic acids is 1. The van der Waals surface area contributed by atoms with Crippen LogP contribution >= 0.6 is 0 Å². The molecule has 0 atom stereocenters. The number of anilines is 2. The van der Waals surface area contributed by atoms with Crippen LogP contribution in [0.4, 0.5) is 15.9 Å². The number of carbonyl (C=O) groups is 1. The number of halogens is 1. The summed E-state index contributed by atoms with van der Waals surface area (Å²) < 4.78 is 19.8. The maximum absolute atomic E-state index is 14.4. The molecular formula is C26H30FN3O2. The number of hydrogen-bond acceptors (Lipinski definition) is 5. The summed E-state index contributed by atoms with van der Waals surface area (Å²) in [6.07, 6.45) is 5.12. The molecule has 1 saturated heterocycles. The smallest absolute Gasteiger partial charge is 0.170 e. The Bertz CT molecular complexity index is 1070. The summed E-state index contributed by atoms with van der Waals surface area (Å²) in [5, 5.41) is 0. The molecule has 1 aromatic carbocycles. The van der Waals surface area contributed by atoms with E-state index in [0.29, 0.717) is 24.6 Å². The molecular weight excluding hydrogens is 405 g/mol. The van der Waals surface area contributed by atoms with E-state index in [2.05, 4.69) is 11.5 Å². The Balaban J connectivity index is 1.62. The van der Waals surface area contributed by atoms with Crippen LogP contribution in [0.2, 0.25) is 0 Å². The third kappa shape index (κ3) is 4.46. The fraction of sp³-hybridized carbons (Fsp3) is 0.385. The Labute approximate surface area is 189 Å². The molecule has 0 unspecified atom stereocenters. The lowest BCUT2D eigenvalue weighted by atomic mass is 9.75. The highest BCUT2D eigenvalue weighted by Gasteiger charge is 2.35. The minimum Gasteiger partial charge on any atom is -0.378 e. The van der Waals surface area contributed by atoms with Crippen LogP contribution < -0.4 is 9.80 Å². The molecule has 1 aliphatic heterocycles. The standard InChI is InChI=1S/C26H30FN3O2/c1-5-29(24-7-6-22-23(28-24)8-9-26(3,4)25(22)31)17-18(2)19-14-20(27)16-21(15-19)30-10-12-32-13-11-30/h5-7,14-17H,1,8-13H2,2-4H3/b18-17+. The summed E-state index contributed by atoms with van der Waals surface area (Å²) in [7, 11) is 0. The van der Waals surface area contributed by atoms with Crippen molar-refractivity contribution in [2.24, 2.45) is 5.41 Å². The van der Waals surface area contributed by atoms with Gasteiger partial charge in [-0.05, 0) is 61.2 Å². The minimum absolute atomic E-state index is 0.144. The van der Waals surface area contributed by atoms with Gasteiger partial charge in [-0.3, -0.25) is 4.79 Å². The minimum atomic E-state index is -0.347. The van der Waals surface area contributed by atoms with Gasteiger partial charge in [0, 0.05) is 42.2 Å². The fourth-order valence-electron chi connectivity index (χ4n) is 4.24. The zero-order valence-corrected chi connectivity index (χ0v) is 19.0. The van der Waals surface area contributed by atoms with Crippen molar-refractivity contribution in [3.05, 3.63) is 71.9 Å². The van der Waals surface area contributed by atoms with Gasteiger partial charge in [0.25, 0.3) is 0 Å². The number of rotatable bonds is 5. The average Bonchev–Trinajstić information content (AvgIpc) is 2.80. The highest BCUT2D eigenvalue weighted by molar-refractivity contribution is 6.02. The molecule has 0 bridgehead atoms. The van der Waals surface area contributed by atoms with Crippen LogP contribution in [0.25, 0.3) is 5.57 Å². The predicted octanol–water partition coefficient (Wildman–Crippen LogP) is 5.22. The van der Waals surface area contributed by atoms with Gasteiger partial charge in [0.15, 0.2) is 5.78 Å². The Morgan fingerprint density at radius 2 is 2.00 bits per heavy atom. The highest BCUT2D eigenvalue weighted by Crippen LogP contribution is 2.35. The second-order valence-corrected chi connectivity index (χ2v) is 9.08. The van der Waals surface area contributed by atoms with Crippen LogP contribution in [0.5, 0.6) is 0 Å². The second-order valence-electron chi connectivity index (χ2n) is 9.08. The van der Waals surface area contributed by atoms with Crippen LogP contribution in [0.15, 0.2) is 49.3 Å². The molecule has 32 heavy (non-hydrogen) atoms. The van der Waals surface area contributed by atoms with Gasteiger partial charge in [-0.15, -0.1) is 0 Å². The van der Waals surface area contributed by atoms with E-state index >= 15 is 0 Å². The molecule has 0 amide bonds. The molecule has 2 heterocycles. The molecule has 1 aliphatic carbocycles. The summed E-state index contributed by atoms with van der Waals surface area (Å²) >= 11 is 0. The number of morpholine rings is 1. The van der Waals surface area contributed by atoms with Gasteiger partial charge in [-0.25, -0.2) is 9.37 Å². The molecule has 5 nitrogen and oxygen atoms in total. The predicted molar refractivity (Wildman–Crippen MR) is 126 cm³/mol. The zero-order chi connectivity index (χ0) is 22.9. The van der Waals surface area contributed by atoms with Crippen LogP contribution in [0.1, 0.15) is 48.8 Å². The van der Waals surface area contributed by atoms with Crippen LogP contribution in [-0.4, -0.2) is 37.1 Å². The number of ketones is 1. The Hall–Kier alpha value is -2.99. The summed E-state index contributed by atoms with van der Waals surface area (Å²) in [5.41, 5.74) is 3.72. The average molecular weight is 436 g/mol. The maximum atomic E-state index is 14.4. The van der Waals surface area contributed by atoms with Crippen LogP contribution in [0, 0.1) is 11.2 Å². The van der Waals surface area contributed by atoms with E-state index in [1.165, 1.54) is 6.07 Å². The SMILES string of the molecule is C=CN(/C=C(\C)c1cc(F)cc(N2CCOCC2)c1)c1ccc2c(n1)CCC(C)(C)C2=O. The van der Waals surface area contributed by atoms with Crippen molar-refractivity contribution in [1.82, 2.24) is 4.98 Å². The maximum Gasteiger partial charge on any atom is 0.170 e. The van der Waals surface area contributed by atoms with Crippen molar-refractivity contribution in [2.75, 3.05) is 36.1 Å². The first-order chi connectivity index (χ1) is 15.3. The first kappa shape index (κ1) is 22.2.